The van der Waals surface area contributed by atoms with Crippen LogP contribution in [-0.4, -0.2) is 33.9 Å². The normalized spacial score (nSPS) is 22.7. The van der Waals surface area contributed by atoms with Crippen LogP contribution in [0.2, 0.25) is 0 Å². The third-order valence-corrected chi connectivity index (χ3v) is 2.69. The first-order valence-corrected chi connectivity index (χ1v) is 5.44. The molecule has 1 aromatic rings. The van der Waals surface area contributed by atoms with Gasteiger partial charge >= 0.3 is 5.69 Å². The van der Waals surface area contributed by atoms with Gasteiger partial charge in [-0.3, -0.25) is 20.0 Å². The Kier molecular flexibility index (Phi) is 3.90. The van der Waals surface area contributed by atoms with Crippen molar-refractivity contribution in [1.82, 2.24) is 9.55 Å². The Bertz CT molecular complexity index is 475. The van der Waals surface area contributed by atoms with Crippen molar-refractivity contribution >= 4 is 12.3 Å². The second kappa shape index (κ2) is 5.61. The number of hydrogen-bond donors (Lipinski definition) is 2. The Morgan fingerprint density at radius 1 is 1.67 bits per heavy atom. The Morgan fingerprint density at radius 3 is 3.17 bits per heavy atom. The van der Waals surface area contributed by atoms with E-state index in [9.17, 15) is 9.59 Å². The summed E-state index contributed by atoms with van der Waals surface area (Å²) in [4.78, 5) is 25.3. The molecule has 1 fully saturated rings. The summed E-state index contributed by atoms with van der Waals surface area (Å²) in [5.41, 5.74) is 1.28. The maximum atomic E-state index is 11.6. The molecule has 2 rings (SSSR count). The summed E-state index contributed by atoms with van der Waals surface area (Å²) >= 11 is 0. The number of nitrogens with one attached hydrogen (secondary N) is 1. The molecule has 18 heavy (non-hydrogen) atoms. The Morgan fingerprint density at radius 2 is 2.50 bits per heavy atom. The Hall–Kier alpha value is -1.93. The van der Waals surface area contributed by atoms with Gasteiger partial charge in [0.25, 0.3) is 6.47 Å². The minimum atomic E-state index is -0.518. The van der Waals surface area contributed by atoms with E-state index in [1.54, 1.807) is 5.48 Å². The molecule has 1 aliphatic rings. The van der Waals surface area contributed by atoms with Gasteiger partial charge in [-0.2, -0.15) is 4.98 Å². The lowest BCUT2D eigenvalue weighted by Crippen LogP contribution is -2.27. The molecule has 1 aromatic heterocycles. The molecule has 0 bridgehead atoms. The largest absolute Gasteiger partial charge is 0.465 e. The van der Waals surface area contributed by atoms with Gasteiger partial charge in [0, 0.05) is 6.20 Å². The van der Waals surface area contributed by atoms with Gasteiger partial charge in [0.15, 0.2) is 5.82 Å². The first-order chi connectivity index (χ1) is 8.74. The lowest BCUT2D eigenvalue weighted by atomic mass is 10.2. The number of carbonyl (C=O) groups is 1. The van der Waals surface area contributed by atoms with Gasteiger partial charge in [-0.15, -0.1) is 0 Å². The second-order valence-corrected chi connectivity index (χ2v) is 3.83. The molecule has 2 unspecified atom stereocenters. The van der Waals surface area contributed by atoms with E-state index >= 15 is 0 Å². The van der Waals surface area contributed by atoms with Crippen LogP contribution in [0.4, 0.5) is 5.82 Å². The molecule has 2 N–H and O–H groups in total. The maximum Gasteiger partial charge on any atom is 0.351 e. The molecule has 0 spiro atoms. The van der Waals surface area contributed by atoms with Gasteiger partial charge in [0.2, 0.25) is 0 Å². The summed E-state index contributed by atoms with van der Waals surface area (Å²) in [6.07, 6.45) is 2.20. The maximum absolute atomic E-state index is 11.6. The third-order valence-electron chi connectivity index (χ3n) is 2.69. The smallest absolute Gasteiger partial charge is 0.351 e. The van der Waals surface area contributed by atoms with E-state index in [-0.39, 0.29) is 18.5 Å². The van der Waals surface area contributed by atoms with Crippen LogP contribution in [0.15, 0.2) is 17.1 Å². The highest BCUT2D eigenvalue weighted by molar-refractivity contribution is 5.36. The number of anilines is 1. The Labute approximate surface area is 102 Å². The molecule has 2 atom stereocenters. The fourth-order valence-corrected chi connectivity index (χ4v) is 1.85. The van der Waals surface area contributed by atoms with Crippen molar-refractivity contribution in [3.63, 3.8) is 0 Å². The lowest BCUT2D eigenvalue weighted by molar-refractivity contribution is -0.133. The second-order valence-electron chi connectivity index (χ2n) is 3.83. The lowest BCUT2D eigenvalue weighted by Gasteiger charge is -2.15. The van der Waals surface area contributed by atoms with Crippen molar-refractivity contribution in [3.8, 4) is 0 Å². The number of aromatic nitrogens is 2. The number of nitrogens with zero attached hydrogens (tertiary/aromatic N) is 2. The molecule has 0 aliphatic carbocycles. The van der Waals surface area contributed by atoms with E-state index in [0.717, 1.165) is 0 Å². The Balaban J connectivity index is 2.05. The predicted octanol–water partition coefficient (Wildman–Crippen LogP) is -0.105. The zero-order valence-electron chi connectivity index (χ0n) is 9.48. The van der Waals surface area contributed by atoms with E-state index in [1.165, 1.54) is 16.8 Å². The first kappa shape index (κ1) is 12.5. The van der Waals surface area contributed by atoms with Crippen LogP contribution >= 0.6 is 0 Å². The average Bonchev–Trinajstić information content (AvgIpc) is 2.84. The molecule has 0 amide bonds. The number of ether oxygens (including phenoxy) is 2. The van der Waals surface area contributed by atoms with Crippen LogP contribution in [0.25, 0.3) is 0 Å². The fraction of sp³-hybridized carbons (Fsp3) is 0.500. The molecule has 1 aliphatic heterocycles. The highest BCUT2D eigenvalue weighted by atomic mass is 16.6. The molecular formula is C10H13N3O5. The molecule has 1 saturated heterocycles. The van der Waals surface area contributed by atoms with Crippen LogP contribution in [0.5, 0.6) is 0 Å². The monoisotopic (exact) mass is 255 g/mol. The van der Waals surface area contributed by atoms with E-state index in [4.69, 9.17) is 9.94 Å². The molecule has 98 valence electrons. The van der Waals surface area contributed by atoms with Crippen LogP contribution in [0.1, 0.15) is 19.1 Å². The average molecular weight is 255 g/mol. The van der Waals surface area contributed by atoms with Gasteiger partial charge in [-0.1, -0.05) is 0 Å². The molecule has 0 radical (unpaired) electrons. The topological polar surface area (TPSA) is 103 Å². The van der Waals surface area contributed by atoms with E-state index < -0.39 is 11.9 Å². The molecule has 0 aromatic carbocycles. The van der Waals surface area contributed by atoms with Gasteiger partial charge in [0.05, 0.1) is 6.10 Å². The van der Waals surface area contributed by atoms with Crippen LogP contribution in [-0.2, 0) is 14.3 Å². The molecule has 8 heteroatoms. The molecular weight excluding hydrogens is 242 g/mol. The van der Waals surface area contributed by atoms with Crippen molar-refractivity contribution in [2.75, 3.05) is 12.1 Å². The van der Waals surface area contributed by atoms with Crippen molar-refractivity contribution in [3.05, 3.63) is 22.7 Å². The van der Waals surface area contributed by atoms with Crippen LogP contribution < -0.4 is 11.2 Å². The SMILES string of the molecule is O=COCC1CCC(n2ccc(NO)nc2=O)O1. The van der Waals surface area contributed by atoms with Crippen molar-refractivity contribution in [2.45, 2.75) is 25.2 Å². The van der Waals surface area contributed by atoms with Gasteiger partial charge in [-0.05, 0) is 18.9 Å². The first-order valence-electron chi connectivity index (χ1n) is 5.44. The summed E-state index contributed by atoms with van der Waals surface area (Å²) in [6, 6.07) is 1.46. The summed E-state index contributed by atoms with van der Waals surface area (Å²) in [6.45, 7) is 0.546. The third kappa shape index (κ3) is 2.66. The minimum Gasteiger partial charge on any atom is -0.465 e. The minimum absolute atomic E-state index is 0.0788. The van der Waals surface area contributed by atoms with E-state index in [0.29, 0.717) is 19.3 Å². The summed E-state index contributed by atoms with van der Waals surface area (Å²) in [5.74, 6) is 0.0788. The molecule has 8 nitrogen and oxygen atoms in total. The van der Waals surface area contributed by atoms with Gasteiger partial charge in [0.1, 0.15) is 12.8 Å². The van der Waals surface area contributed by atoms with Crippen molar-refractivity contribution in [1.29, 1.82) is 0 Å². The number of rotatable bonds is 5. The van der Waals surface area contributed by atoms with Gasteiger partial charge < -0.3 is 9.47 Å². The van der Waals surface area contributed by atoms with E-state index in [1.807, 2.05) is 0 Å². The fourth-order valence-electron chi connectivity index (χ4n) is 1.85. The van der Waals surface area contributed by atoms with Crippen molar-refractivity contribution in [2.24, 2.45) is 0 Å². The summed E-state index contributed by atoms with van der Waals surface area (Å²) in [7, 11) is 0. The highest BCUT2D eigenvalue weighted by Gasteiger charge is 2.27. The molecule has 0 saturated carbocycles. The summed E-state index contributed by atoms with van der Waals surface area (Å²) < 4.78 is 11.5. The quantitative estimate of drug-likeness (QED) is 0.559. The zero-order chi connectivity index (χ0) is 13.0. The van der Waals surface area contributed by atoms with Crippen LogP contribution in [0.3, 0.4) is 0 Å². The predicted molar refractivity (Wildman–Crippen MR) is 59.1 cm³/mol. The van der Waals surface area contributed by atoms with E-state index in [2.05, 4.69) is 9.72 Å². The molecule has 2 heterocycles. The number of hydrogen-bond acceptors (Lipinski definition) is 7. The standard InChI is InChI=1S/C10H13N3O5/c14-6-17-5-7-1-2-9(18-7)13-4-3-8(12-16)11-10(13)15/h3-4,6-7,9,16H,1-2,5H2,(H,11,12,15). The highest BCUT2D eigenvalue weighted by Crippen LogP contribution is 2.27. The van der Waals surface area contributed by atoms with Gasteiger partial charge in [-0.25, -0.2) is 4.79 Å². The number of carbonyl (C=O) groups excluding carboxylic acids is 1. The van der Waals surface area contributed by atoms with Crippen molar-refractivity contribution < 1.29 is 19.5 Å². The van der Waals surface area contributed by atoms with Crippen LogP contribution in [0, 0.1) is 0 Å². The summed E-state index contributed by atoms with van der Waals surface area (Å²) in [5, 5.41) is 8.62. The zero-order valence-corrected chi connectivity index (χ0v) is 9.48.